The Hall–Kier alpha value is -3.92. The number of rotatable bonds is 11. The zero-order valence-corrected chi connectivity index (χ0v) is 20.6. The first-order chi connectivity index (χ1) is 17.2. The van der Waals surface area contributed by atoms with Crippen LogP contribution in [-0.2, 0) is 25.7 Å². The van der Waals surface area contributed by atoms with E-state index in [-0.39, 0.29) is 0 Å². The van der Waals surface area contributed by atoms with Crippen LogP contribution in [-0.4, -0.2) is 21.3 Å². The third-order valence-corrected chi connectivity index (χ3v) is 6.08. The lowest BCUT2D eigenvalue weighted by Gasteiger charge is -2.13. The second-order valence-electron chi connectivity index (χ2n) is 8.43. The molecule has 0 fully saturated rings. The first-order valence-corrected chi connectivity index (χ1v) is 11.9. The highest BCUT2D eigenvalue weighted by atomic mass is 16.5. The van der Waals surface area contributed by atoms with Gasteiger partial charge in [-0.3, -0.25) is 0 Å². The van der Waals surface area contributed by atoms with Crippen molar-refractivity contribution < 1.29 is 18.9 Å². The second kappa shape index (κ2) is 12.0. The standard InChI is InChI=1S/C31H32O4/c1-32-27-16-11-23(12-17-27)7-9-25-5-4-6-29(21-25)35-31-22-26(15-20-30(31)34-3)10-8-24-13-18-28(33-2)19-14-24/h4-6,11-22H,7-10H2,1-3H3. The third-order valence-electron chi connectivity index (χ3n) is 6.08. The average Bonchev–Trinajstić information content (AvgIpc) is 2.91. The Labute approximate surface area is 208 Å². The van der Waals surface area contributed by atoms with Crippen LogP contribution in [0.5, 0.6) is 28.7 Å². The smallest absolute Gasteiger partial charge is 0.169 e. The van der Waals surface area contributed by atoms with E-state index < -0.39 is 0 Å². The molecule has 4 heteroatoms. The van der Waals surface area contributed by atoms with Crippen molar-refractivity contribution in [2.24, 2.45) is 0 Å². The van der Waals surface area contributed by atoms with Crippen molar-refractivity contribution >= 4 is 0 Å². The zero-order chi connectivity index (χ0) is 24.5. The Kier molecular flexibility index (Phi) is 8.29. The molecule has 0 radical (unpaired) electrons. The molecule has 0 aliphatic carbocycles. The van der Waals surface area contributed by atoms with Gasteiger partial charge in [0.25, 0.3) is 0 Å². The SMILES string of the molecule is COc1ccc(CCc2cccc(Oc3cc(CCc4ccc(OC)cc4)ccc3OC)c2)cc1. The predicted molar refractivity (Wildman–Crippen MR) is 140 cm³/mol. The third kappa shape index (κ3) is 6.80. The van der Waals surface area contributed by atoms with Crippen LogP contribution in [0.1, 0.15) is 22.3 Å². The maximum absolute atomic E-state index is 6.29. The molecule has 4 aromatic rings. The fraction of sp³-hybridized carbons (Fsp3) is 0.226. The molecule has 0 unspecified atom stereocenters. The fourth-order valence-electron chi connectivity index (χ4n) is 4.01. The number of aryl methyl sites for hydroxylation is 4. The van der Waals surface area contributed by atoms with Crippen molar-refractivity contribution in [1.29, 1.82) is 0 Å². The molecule has 0 heterocycles. The van der Waals surface area contributed by atoms with Crippen molar-refractivity contribution in [1.82, 2.24) is 0 Å². The minimum Gasteiger partial charge on any atom is -0.497 e. The largest absolute Gasteiger partial charge is 0.497 e. The highest BCUT2D eigenvalue weighted by Gasteiger charge is 2.09. The molecule has 0 saturated heterocycles. The zero-order valence-electron chi connectivity index (χ0n) is 20.6. The van der Waals surface area contributed by atoms with Crippen LogP contribution in [0.3, 0.4) is 0 Å². The molecule has 0 aliphatic heterocycles. The first-order valence-electron chi connectivity index (χ1n) is 11.9. The predicted octanol–water partition coefficient (Wildman–Crippen LogP) is 7.08. The molecule has 0 aliphatic rings. The Morgan fingerprint density at radius 3 is 1.49 bits per heavy atom. The van der Waals surface area contributed by atoms with Crippen LogP contribution >= 0.6 is 0 Å². The van der Waals surface area contributed by atoms with Gasteiger partial charge in [0.05, 0.1) is 21.3 Å². The lowest BCUT2D eigenvalue weighted by molar-refractivity contribution is 0.378. The Morgan fingerprint density at radius 1 is 0.429 bits per heavy atom. The first kappa shape index (κ1) is 24.2. The van der Waals surface area contributed by atoms with Crippen molar-refractivity contribution in [2.45, 2.75) is 25.7 Å². The van der Waals surface area contributed by atoms with Gasteiger partial charge >= 0.3 is 0 Å². The Morgan fingerprint density at radius 2 is 0.943 bits per heavy atom. The molecular formula is C31H32O4. The molecule has 0 aromatic heterocycles. The lowest BCUT2D eigenvalue weighted by Crippen LogP contribution is -1.96. The van der Waals surface area contributed by atoms with Crippen LogP contribution in [0, 0.1) is 0 Å². The molecule has 4 nitrogen and oxygen atoms in total. The molecule has 0 atom stereocenters. The molecule has 0 bridgehead atoms. The number of benzene rings is 4. The summed E-state index contributed by atoms with van der Waals surface area (Å²) in [6, 6.07) is 30.9. The summed E-state index contributed by atoms with van der Waals surface area (Å²) in [4.78, 5) is 0. The monoisotopic (exact) mass is 468 g/mol. The summed E-state index contributed by atoms with van der Waals surface area (Å²) in [7, 11) is 5.04. The van der Waals surface area contributed by atoms with Crippen molar-refractivity contribution in [3.05, 3.63) is 113 Å². The lowest BCUT2D eigenvalue weighted by atomic mass is 10.0. The number of hydrogen-bond acceptors (Lipinski definition) is 4. The van der Waals surface area contributed by atoms with E-state index in [0.29, 0.717) is 0 Å². The van der Waals surface area contributed by atoms with Crippen LogP contribution in [0.15, 0.2) is 91.0 Å². The van der Waals surface area contributed by atoms with Gasteiger partial charge in [0.15, 0.2) is 11.5 Å². The molecule has 0 N–H and O–H groups in total. The fourth-order valence-corrected chi connectivity index (χ4v) is 4.01. The number of hydrogen-bond donors (Lipinski definition) is 0. The Balaban J connectivity index is 1.41. The summed E-state index contributed by atoms with van der Waals surface area (Å²) in [5.74, 6) is 4.01. The van der Waals surface area contributed by atoms with E-state index in [1.54, 1.807) is 21.3 Å². The van der Waals surface area contributed by atoms with E-state index in [1.165, 1.54) is 22.3 Å². The highest BCUT2D eigenvalue weighted by molar-refractivity contribution is 5.46. The normalized spacial score (nSPS) is 10.6. The van der Waals surface area contributed by atoms with E-state index in [2.05, 4.69) is 48.5 Å². The highest BCUT2D eigenvalue weighted by Crippen LogP contribution is 2.33. The summed E-state index contributed by atoms with van der Waals surface area (Å²) < 4.78 is 22.4. The molecule has 4 rings (SSSR count). The van der Waals surface area contributed by atoms with Gasteiger partial charge in [-0.25, -0.2) is 0 Å². The summed E-state index contributed by atoms with van der Waals surface area (Å²) in [6.45, 7) is 0. The molecule has 0 amide bonds. The average molecular weight is 469 g/mol. The van der Waals surface area contributed by atoms with Crippen LogP contribution < -0.4 is 18.9 Å². The van der Waals surface area contributed by atoms with E-state index >= 15 is 0 Å². The molecule has 180 valence electrons. The molecule has 4 aromatic carbocycles. The van der Waals surface area contributed by atoms with Gasteiger partial charge < -0.3 is 18.9 Å². The molecule has 0 saturated carbocycles. The van der Waals surface area contributed by atoms with Gasteiger partial charge in [0, 0.05) is 0 Å². The summed E-state index contributed by atoms with van der Waals surface area (Å²) in [6.07, 6.45) is 3.74. The number of ether oxygens (including phenoxy) is 4. The van der Waals surface area contributed by atoms with E-state index in [4.69, 9.17) is 18.9 Å². The van der Waals surface area contributed by atoms with Crippen LogP contribution in [0.2, 0.25) is 0 Å². The van der Waals surface area contributed by atoms with Gasteiger partial charge in [-0.2, -0.15) is 0 Å². The number of methoxy groups -OCH3 is 3. The maximum Gasteiger partial charge on any atom is 0.169 e. The van der Waals surface area contributed by atoms with Gasteiger partial charge in [0.1, 0.15) is 17.2 Å². The van der Waals surface area contributed by atoms with E-state index in [0.717, 1.165) is 54.4 Å². The molecule has 35 heavy (non-hydrogen) atoms. The quantitative estimate of drug-likeness (QED) is 0.236. The summed E-state index contributed by atoms with van der Waals surface area (Å²) in [5.41, 5.74) is 4.98. The molecular weight excluding hydrogens is 436 g/mol. The minimum atomic E-state index is 0.724. The van der Waals surface area contributed by atoms with Crippen molar-refractivity contribution in [2.75, 3.05) is 21.3 Å². The van der Waals surface area contributed by atoms with Gasteiger partial charge in [-0.05, 0) is 96.5 Å². The summed E-state index contributed by atoms with van der Waals surface area (Å²) in [5, 5.41) is 0. The van der Waals surface area contributed by atoms with E-state index in [1.807, 2.05) is 42.5 Å². The minimum absolute atomic E-state index is 0.724. The van der Waals surface area contributed by atoms with Gasteiger partial charge in [-0.1, -0.05) is 42.5 Å². The van der Waals surface area contributed by atoms with Gasteiger partial charge in [-0.15, -0.1) is 0 Å². The van der Waals surface area contributed by atoms with Crippen LogP contribution in [0.25, 0.3) is 0 Å². The topological polar surface area (TPSA) is 36.9 Å². The van der Waals surface area contributed by atoms with E-state index in [9.17, 15) is 0 Å². The van der Waals surface area contributed by atoms with Crippen molar-refractivity contribution in [3.8, 4) is 28.7 Å². The van der Waals surface area contributed by atoms with Crippen molar-refractivity contribution in [3.63, 3.8) is 0 Å². The Bertz CT molecular complexity index is 1210. The maximum atomic E-state index is 6.29. The summed E-state index contributed by atoms with van der Waals surface area (Å²) >= 11 is 0. The second-order valence-corrected chi connectivity index (χ2v) is 8.43. The van der Waals surface area contributed by atoms with Crippen LogP contribution in [0.4, 0.5) is 0 Å². The van der Waals surface area contributed by atoms with Gasteiger partial charge in [0.2, 0.25) is 0 Å². The molecule has 0 spiro atoms.